The molecule has 0 fully saturated rings. The van der Waals surface area contributed by atoms with Crippen LogP contribution in [0.25, 0.3) is 17.1 Å². The normalized spacial score (nSPS) is 10.4. The third-order valence-corrected chi connectivity index (χ3v) is 4.38. The van der Waals surface area contributed by atoms with Gasteiger partial charge in [-0.2, -0.15) is 0 Å². The van der Waals surface area contributed by atoms with Crippen LogP contribution in [-0.2, 0) is 4.79 Å². The summed E-state index contributed by atoms with van der Waals surface area (Å²) < 4.78 is 1.97. The van der Waals surface area contributed by atoms with Crippen molar-refractivity contribution < 1.29 is 4.79 Å². The van der Waals surface area contributed by atoms with Gasteiger partial charge in [-0.15, -0.1) is 16.8 Å². The van der Waals surface area contributed by atoms with Crippen molar-refractivity contribution in [2.75, 3.05) is 12.3 Å². The molecule has 1 aromatic heterocycles. The molecule has 0 aliphatic carbocycles. The molecule has 3 aromatic rings. The fraction of sp³-hybridized carbons (Fsp3) is 0.105. The number of nitrogens with zero attached hydrogens (tertiary/aromatic N) is 3. The summed E-state index contributed by atoms with van der Waals surface area (Å²) in [6, 6.07) is 19.8. The first-order chi connectivity index (χ1) is 12.3. The average Bonchev–Trinajstić information content (AvgIpc) is 3.10. The third-order valence-electron chi connectivity index (χ3n) is 3.46. The molecule has 3 rings (SSSR count). The zero-order valence-corrected chi connectivity index (χ0v) is 14.4. The number of benzene rings is 2. The van der Waals surface area contributed by atoms with Gasteiger partial charge in [-0.05, 0) is 12.1 Å². The van der Waals surface area contributed by atoms with Gasteiger partial charge in [-0.3, -0.25) is 9.36 Å². The molecule has 1 heterocycles. The molecule has 0 aliphatic rings. The van der Waals surface area contributed by atoms with Gasteiger partial charge < -0.3 is 5.32 Å². The number of para-hydroxylation sites is 1. The highest BCUT2D eigenvalue weighted by Crippen LogP contribution is 2.27. The van der Waals surface area contributed by atoms with E-state index in [0.29, 0.717) is 11.7 Å². The van der Waals surface area contributed by atoms with Crippen molar-refractivity contribution in [1.29, 1.82) is 0 Å². The highest BCUT2D eigenvalue weighted by molar-refractivity contribution is 7.99. The van der Waals surface area contributed by atoms with Crippen molar-refractivity contribution in [1.82, 2.24) is 20.1 Å². The van der Waals surface area contributed by atoms with Gasteiger partial charge in [0.15, 0.2) is 11.0 Å². The molecule has 1 N–H and O–H groups in total. The number of amides is 1. The van der Waals surface area contributed by atoms with Crippen LogP contribution in [0.2, 0.25) is 0 Å². The topological polar surface area (TPSA) is 59.8 Å². The number of aromatic nitrogens is 3. The van der Waals surface area contributed by atoms with Gasteiger partial charge in [0.1, 0.15) is 0 Å². The van der Waals surface area contributed by atoms with Crippen LogP contribution in [0.3, 0.4) is 0 Å². The second-order valence-corrected chi connectivity index (χ2v) is 6.17. The van der Waals surface area contributed by atoms with E-state index in [2.05, 4.69) is 22.1 Å². The minimum atomic E-state index is -0.0613. The predicted octanol–water partition coefficient (Wildman–Crippen LogP) is 3.33. The van der Waals surface area contributed by atoms with Crippen LogP contribution < -0.4 is 5.32 Å². The molecule has 0 atom stereocenters. The Balaban J connectivity index is 1.92. The number of rotatable bonds is 7. The minimum Gasteiger partial charge on any atom is -0.352 e. The number of nitrogens with one attached hydrogen (secondary N) is 1. The van der Waals surface area contributed by atoms with E-state index in [9.17, 15) is 4.79 Å². The van der Waals surface area contributed by atoms with E-state index in [4.69, 9.17) is 0 Å². The molecule has 2 aromatic carbocycles. The number of hydrogen-bond donors (Lipinski definition) is 1. The smallest absolute Gasteiger partial charge is 0.230 e. The Morgan fingerprint density at radius 1 is 1.08 bits per heavy atom. The molecule has 0 saturated carbocycles. The molecule has 25 heavy (non-hydrogen) atoms. The monoisotopic (exact) mass is 350 g/mol. The maximum Gasteiger partial charge on any atom is 0.230 e. The first-order valence-corrected chi connectivity index (χ1v) is 8.85. The van der Waals surface area contributed by atoms with Crippen molar-refractivity contribution in [3.8, 4) is 17.1 Å². The third kappa shape index (κ3) is 4.16. The van der Waals surface area contributed by atoms with E-state index in [1.165, 1.54) is 11.8 Å². The Kier molecular flexibility index (Phi) is 5.64. The first-order valence-electron chi connectivity index (χ1n) is 7.86. The molecule has 0 bridgehead atoms. The average molecular weight is 350 g/mol. The van der Waals surface area contributed by atoms with Gasteiger partial charge in [0.05, 0.1) is 5.75 Å². The van der Waals surface area contributed by atoms with E-state index in [1.54, 1.807) is 6.08 Å². The maximum absolute atomic E-state index is 11.9. The minimum absolute atomic E-state index is 0.0613. The lowest BCUT2D eigenvalue weighted by Crippen LogP contribution is -2.25. The quantitative estimate of drug-likeness (QED) is 0.524. The zero-order chi connectivity index (χ0) is 17.5. The lowest BCUT2D eigenvalue weighted by atomic mass is 10.2. The van der Waals surface area contributed by atoms with Crippen molar-refractivity contribution in [2.45, 2.75) is 5.16 Å². The number of thioether (sulfide) groups is 1. The van der Waals surface area contributed by atoms with Crippen LogP contribution in [0.5, 0.6) is 0 Å². The molecule has 0 radical (unpaired) electrons. The van der Waals surface area contributed by atoms with Gasteiger partial charge in [0.2, 0.25) is 5.91 Å². The molecular weight excluding hydrogens is 332 g/mol. The van der Waals surface area contributed by atoms with Crippen LogP contribution in [0, 0.1) is 0 Å². The Bertz CT molecular complexity index is 846. The predicted molar refractivity (Wildman–Crippen MR) is 101 cm³/mol. The summed E-state index contributed by atoms with van der Waals surface area (Å²) in [5.74, 6) is 0.961. The molecule has 0 aliphatic heterocycles. The van der Waals surface area contributed by atoms with Crippen LogP contribution in [0.4, 0.5) is 0 Å². The highest BCUT2D eigenvalue weighted by Gasteiger charge is 2.16. The van der Waals surface area contributed by atoms with Gasteiger partial charge >= 0.3 is 0 Å². The van der Waals surface area contributed by atoms with Gasteiger partial charge in [-0.1, -0.05) is 66.4 Å². The van der Waals surface area contributed by atoms with Crippen molar-refractivity contribution in [3.05, 3.63) is 73.3 Å². The standard InChI is InChI=1S/C19H18N4OS/c1-2-13-20-17(24)14-25-19-22-21-18(15-9-5-3-6-10-15)23(19)16-11-7-4-8-12-16/h2-12H,1,13-14H2,(H,20,24). The molecule has 0 saturated heterocycles. The number of carbonyl (C=O) groups excluding carboxylic acids is 1. The Labute approximate surface area is 150 Å². The molecule has 0 spiro atoms. The summed E-state index contributed by atoms with van der Waals surface area (Å²) in [7, 11) is 0. The molecular formula is C19H18N4OS. The number of hydrogen-bond acceptors (Lipinski definition) is 4. The fourth-order valence-electron chi connectivity index (χ4n) is 2.31. The molecule has 126 valence electrons. The summed E-state index contributed by atoms with van der Waals surface area (Å²) in [5, 5.41) is 12.1. The Morgan fingerprint density at radius 2 is 1.76 bits per heavy atom. The summed E-state index contributed by atoms with van der Waals surface area (Å²) in [6.07, 6.45) is 1.66. The van der Waals surface area contributed by atoms with Crippen LogP contribution in [0.15, 0.2) is 78.5 Å². The van der Waals surface area contributed by atoms with Crippen molar-refractivity contribution in [2.24, 2.45) is 0 Å². The lowest BCUT2D eigenvalue weighted by Gasteiger charge is -2.10. The van der Waals surface area contributed by atoms with E-state index in [1.807, 2.05) is 65.2 Å². The maximum atomic E-state index is 11.9. The summed E-state index contributed by atoms with van der Waals surface area (Å²) in [5.41, 5.74) is 1.93. The summed E-state index contributed by atoms with van der Waals surface area (Å²) >= 11 is 1.36. The van der Waals surface area contributed by atoms with Crippen LogP contribution in [0.1, 0.15) is 0 Å². The van der Waals surface area contributed by atoms with E-state index in [0.717, 1.165) is 17.1 Å². The zero-order valence-electron chi connectivity index (χ0n) is 13.6. The number of carbonyl (C=O) groups is 1. The fourth-order valence-corrected chi connectivity index (χ4v) is 3.10. The Morgan fingerprint density at radius 3 is 2.44 bits per heavy atom. The molecule has 5 nitrogen and oxygen atoms in total. The summed E-state index contributed by atoms with van der Waals surface area (Å²) in [4.78, 5) is 11.9. The second kappa shape index (κ2) is 8.30. The van der Waals surface area contributed by atoms with Crippen molar-refractivity contribution >= 4 is 17.7 Å². The van der Waals surface area contributed by atoms with Crippen LogP contribution in [-0.4, -0.2) is 33.0 Å². The largest absolute Gasteiger partial charge is 0.352 e. The highest BCUT2D eigenvalue weighted by atomic mass is 32.2. The van der Waals surface area contributed by atoms with Gasteiger partial charge in [-0.25, -0.2) is 0 Å². The first kappa shape index (κ1) is 17.0. The van der Waals surface area contributed by atoms with E-state index >= 15 is 0 Å². The van der Waals surface area contributed by atoms with E-state index < -0.39 is 0 Å². The molecule has 6 heteroatoms. The molecule has 0 unspecified atom stereocenters. The second-order valence-electron chi connectivity index (χ2n) is 5.22. The lowest BCUT2D eigenvalue weighted by molar-refractivity contribution is -0.118. The molecule has 1 amide bonds. The van der Waals surface area contributed by atoms with Gasteiger partial charge in [0.25, 0.3) is 0 Å². The Hall–Kier alpha value is -2.86. The van der Waals surface area contributed by atoms with Crippen LogP contribution >= 0.6 is 11.8 Å². The summed E-state index contributed by atoms with van der Waals surface area (Å²) in [6.45, 7) is 4.05. The van der Waals surface area contributed by atoms with E-state index in [-0.39, 0.29) is 11.7 Å². The SMILES string of the molecule is C=CCNC(=O)CSc1nnc(-c2ccccc2)n1-c1ccccc1. The van der Waals surface area contributed by atoms with Gasteiger partial charge in [0, 0.05) is 17.8 Å². The van der Waals surface area contributed by atoms with Crippen molar-refractivity contribution in [3.63, 3.8) is 0 Å².